The second-order valence-corrected chi connectivity index (χ2v) is 6.91. The number of thioether (sulfide) groups is 1. The molecule has 1 fully saturated rings. The van der Waals surface area contributed by atoms with Crippen molar-refractivity contribution in [3.8, 4) is 0 Å². The first-order valence-electron chi connectivity index (χ1n) is 7.39. The van der Waals surface area contributed by atoms with Gasteiger partial charge in [-0.2, -0.15) is 0 Å². The Hall–Kier alpha value is -1.50. The topological polar surface area (TPSA) is 66.5 Å². The summed E-state index contributed by atoms with van der Waals surface area (Å²) in [5.74, 6) is -0.461. The summed E-state index contributed by atoms with van der Waals surface area (Å²) in [7, 11) is 0. The van der Waals surface area contributed by atoms with E-state index in [2.05, 4.69) is 5.32 Å². The van der Waals surface area contributed by atoms with Gasteiger partial charge in [0.05, 0.1) is 15.0 Å². The molecule has 0 unspecified atom stereocenters. The minimum Gasteiger partial charge on any atom is -0.354 e. The van der Waals surface area contributed by atoms with E-state index in [4.69, 9.17) is 23.2 Å². The number of hydrogen-bond acceptors (Lipinski definition) is 4. The van der Waals surface area contributed by atoms with Gasteiger partial charge >= 0.3 is 0 Å². The summed E-state index contributed by atoms with van der Waals surface area (Å²) in [6, 6.07) is 4.97. The van der Waals surface area contributed by atoms with Gasteiger partial charge in [-0.1, -0.05) is 36.2 Å². The van der Waals surface area contributed by atoms with Gasteiger partial charge < -0.3 is 5.32 Å². The molecule has 0 bridgehead atoms. The van der Waals surface area contributed by atoms with E-state index in [-0.39, 0.29) is 30.1 Å². The van der Waals surface area contributed by atoms with Gasteiger partial charge in [0.15, 0.2) is 0 Å². The molecule has 0 saturated carbocycles. The third-order valence-corrected chi connectivity index (χ3v) is 4.90. The van der Waals surface area contributed by atoms with Crippen molar-refractivity contribution in [1.82, 2.24) is 10.2 Å². The highest BCUT2D eigenvalue weighted by Crippen LogP contribution is 2.33. The molecule has 2 rings (SSSR count). The maximum atomic E-state index is 12.3. The van der Waals surface area contributed by atoms with Gasteiger partial charge in [-0.15, -0.1) is 0 Å². The molecular formula is C16H16Cl2N2O3S. The van der Waals surface area contributed by atoms with Crippen LogP contribution in [0.5, 0.6) is 0 Å². The van der Waals surface area contributed by atoms with Crippen molar-refractivity contribution in [2.45, 2.75) is 19.8 Å². The zero-order valence-electron chi connectivity index (χ0n) is 13.0. The number of carbonyl (C=O) groups excluding carboxylic acids is 3. The van der Waals surface area contributed by atoms with Crippen LogP contribution in [-0.2, 0) is 9.59 Å². The second kappa shape index (κ2) is 8.55. The molecule has 1 aliphatic rings. The Morgan fingerprint density at radius 1 is 1.29 bits per heavy atom. The van der Waals surface area contributed by atoms with E-state index in [1.165, 1.54) is 0 Å². The highest BCUT2D eigenvalue weighted by molar-refractivity contribution is 8.18. The summed E-state index contributed by atoms with van der Waals surface area (Å²) in [6.07, 6.45) is 2.78. The predicted molar refractivity (Wildman–Crippen MR) is 97.1 cm³/mol. The van der Waals surface area contributed by atoms with E-state index in [9.17, 15) is 14.4 Å². The molecule has 0 spiro atoms. The quantitative estimate of drug-likeness (QED) is 0.751. The van der Waals surface area contributed by atoms with E-state index in [0.29, 0.717) is 26.9 Å². The predicted octanol–water partition coefficient (Wildman–Crippen LogP) is 3.95. The van der Waals surface area contributed by atoms with Crippen molar-refractivity contribution in [3.63, 3.8) is 0 Å². The lowest BCUT2D eigenvalue weighted by atomic mass is 10.2. The monoisotopic (exact) mass is 386 g/mol. The molecule has 128 valence electrons. The van der Waals surface area contributed by atoms with Crippen LogP contribution in [-0.4, -0.2) is 35.0 Å². The Balaban J connectivity index is 2.01. The SMILES string of the molecule is CCCC(=O)NCCN1C(=O)S/C(=C/c2ccc(Cl)c(Cl)c2)C1=O. The van der Waals surface area contributed by atoms with Crippen LogP contribution in [0.2, 0.25) is 10.0 Å². The molecule has 1 aliphatic heterocycles. The highest BCUT2D eigenvalue weighted by Gasteiger charge is 2.34. The smallest absolute Gasteiger partial charge is 0.293 e. The molecule has 1 aromatic rings. The summed E-state index contributed by atoms with van der Waals surface area (Å²) in [4.78, 5) is 37.1. The van der Waals surface area contributed by atoms with Crippen molar-refractivity contribution in [2.24, 2.45) is 0 Å². The number of benzene rings is 1. The summed E-state index contributed by atoms with van der Waals surface area (Å²) < 4.78 is 0. The molecule has 0 aromatic heterocycles. The maximum absolute atomic E-state index is 12.3. The van der Waals surface area contributed by atoms with Crippen LogP contribution < -0.4 is 5.32 Å². The van der Waals surface area contributed by atoms with E-state index < -0.39 is 0 Å². The summed E-state index contributed by atoms with van der Waals surface area (Å²) >= 11 is 12.7. The number of imide groups is 1. The van der Waals surface area contributed by atoms with Gasteiger partial charge in [0, 0.05) is 19.5 Å². The first-order chi connectivity index (χ1) is 11.4. The Kier molecular flexibility index (Phi) is 6.71. The summed E-state index contributed by atoms with van der Waals surface area (Å²) in [5.41, 5.74) is 0.686. The number of nitrogens with one attached hydrogen (secondary N) is 1. The Morgan fingerprint density at radius 2 is 2.04 bits per heavy atom. The molecule has 24 heavy (non-hydrogen) atoms. The van der Waals surface area contributed by atoms with Crippen LogP contribution in [0.15, 0.2) is 23.1 Å². The standard InChI is InChI=1S/C16H16Cl2N2O3S/c1-2-3-14(21)19-6-7-20-15(22)13(24-16(20)23)9-10-4-5-11(17)12(18)8-10/h4-5,8-9H,2-3,6-7H2,1H3,(H,19,21)/b13-9+. The van der Waals surface area contributed by atoms with Crippen LogP contribution in [0.25, 0.3) is 6.08 Å². The number of amides is 3. The molecule has 0 radical (unpaired) electrons. The van der Waals surface area contributed by atoms with Crippen LogP contribution in [0.1, 0.15) is 25.3 Å². The number of hydrogen-bond donors (Lipinski definition) is 1. The van der Waals surface area contributed by atoms with Crippen molar-refractivity contribution >= 4 is 58.1 Å². The van der Waals surface area contributed by atoms with E-state index in [1.54, 1.807) is 24.3 Å². The molecule has 1 N–H and O–H groups in total. The molecule has 1 saturated heterocycles. The van der Waals surface area contributed by atoms with Crippen molar-refractivity contribution < 1.29 is 14.4 Å². The van der Waals surface area contributed by atoms with E-state index in [0.717, 1.165) is 23.1 Å². The molecular weight excluding hydrogens is 371 g/mol. The van der Waals surface area contributed by atoms with Crippen molar-refractivity contribution in [3.05, 3.63) is 38.7 Å². The molecule has 0 aliphatic carbocycles. The molecule has 1 aromatic carbocycles. The summed E-state index contributed by atoms with van der Waals surface area (Å²) in [6.45, 7) is 2.31. The average molecular weight is 387 g/mol. The molecule has 1 heterocycles. The Labute approximate surface area is 154 Å². The fraction of sp³-hybridized carbons (Fsp3) is 0.312. The minimum atomic E-state index is -0.374. The lowest BCUT2D eigenvalue weighted by Crippen LogP contribution is -2.37. The first-order valence-corrected chi connectivity index (χ1v) is 8.96. The molecule has 3 amide bonds. The molecule has 5 nitrogen and oxygen atoms in total. The van der Waals surface area contributed by atoms with Gasteiger partial charge in [-0.25, -0.2) is 0 Å². The number of halogens is 2. The first kappa shape index (κ1) is 18.8. The second-order valence-electron chi connectivity index (χ2n) is 5.11. The third-order valence-electron chi connectivity index (χ3n) is 3.25. The van der Waals surface area contributed by atoms with Gasteiger partial charge in [0.25, 0.3) is 11.1 Å². The number of carbonyl (C=O) groups is 3. The Bertz CT molecular complexity index is 707. The number of nitrogens with zero attached hydrogens (tertiary/aromatic N) is 1. The van der Waals surface area contributed by atoms with Gasteiger partial charge in [0.2, 0.25) is 5.91 Å². The van der Waals surface area contributed by atoms with Gasteiger partial charge in [-0.3, -0.25) is 19.3 Å². The van der Waals surface area contributed by atoms with Crippen LogP contribution in [0.3, 0.4) is 0 Å². The lowest BCUT2D eigenvalue weighted by Gasteiger charge is -2.12. The zero-order chi connectivity index (χ0) is 17.7. The molecule has 8 heteroatoms. The zero-order valence-corrected chi connectivity index (χ0v) is 15.3. The third kappa shape index (κ3) is 4.75. The van der Waals surface area contributed by atoms with Gasteiger partial charge in [0.1, 0.15) is 0 Å². The van der Waals surface area contributed by atoms with E-state index in [1.807, 2.05) is 6.92 Å². The Morgan fingerprint density at radius 3 is 2.71 bits per heavy atom. The fourth-order valence-electron chi connectivity index (χ4n) is 2.07. The average Bonchev–Trinajstić information content (AvgIpc) is 2.78. The van der Waals surface area contributed by atoms with E-state index >= 15 is 0 Å². The maximum Gasteiger partial charge on any atom is 0.293 e. The summed E-state index contributed by atoms with van der Waals surface area (Å²) in [5, 5.41) is 3.13. The van der Waals surface area contributed by atoms with Crippen molar-refractivity contribution in [2.75, 3.05) is 13.1 Å². The fourth-order valence-corrected chi connectivity index (χ4v) is 3.24. The van der Waals surface area contributed by atoms with Gasteiger partial charge in [-0.05, 0) is 42.0 Å². The van der Waals surface area contributed by atoms with Crippen LogP contribution >= 0.6 is 35.0 Å². The van der Waals surface area contributed by atoms with Crippen molar-refractivity contribution in [1.29, 1.82) is 0 Å². The largest absolute Gasteiger partial charge is 0.354 e. The highest BCUT2D eigenvalue weighted by atomic mass is 35.5. The minimum absolute atomic E-state index is 0.0872. The van der Waals surface area contributed by atoms with Crippen LogP contribution in [0.4, 0.5) is 4.79 Å². The normalized spacial score (nSPS) is 16.1. The molecule has 0 atom stereocenters. The van der Waals surface area contributed by atoms with Crippen LogP contribution in [0, 0.1) is 0 Å². The number of rotatable bonds is 6. The lowest BCUT2D eigenvalue weighted by molar-refractivity contribution is -0.124.